The number of hydrogen-bond donors (Lipinski definition) is 1. The molecule has 0 bridgehead atoms. The molecular formula is C16H17ClOS. The zero-order valence-corrected chi connectivity index (χ0v) is 12.3. The van der Waals surface area contributed by atoms with Crippen LogP contribution in [0.15, 0.2) is 41.8 Å². The Morgan fingerprint density at radius 2 is 1.79 bits per heavy atom. The van der Waals surface area contributed by atoms with Crippen LogP contribution in [0.1, 0.15) is 42.0 Å². The van der Waals surface area contributed by atoms with Crippen molar-refractivity contribution in [1.29, 1.82) is 0 Å². The molecule has 1 nitrogen and oxygen atoms in total. The van der Waals surface area contributed by atoms with Crippen LogP contribution in [0, 0.1) is 0 Å². The smallest absolute Gasteiger partial charge is 0.100 e. The van der Waals surface area contributed by atoms with Gasteiger partial charge in [-0.15, -0.1) is 11.3 Å². The van der Waals surface area contributed by atoms with Crippen LogP contribution in [0.3, 0.4) is 0 Å². The number of benzene rings is 1. The molecule has 1 aliphatic rings. The van der Waals surface area contributed by atoms with Crippen molar-refractivity contribution in [3.8, 4) is 0 Å². The summed E-state index contributed by atoms with van der Waals surface area (Å²) in [6.45, 7) is 0. The summed E-state index contributed by atoms with van der Waals surface area (Å²) in [6.07, 6.45) is 3.64. The predicted octanol–water partition coefficient (Wildman–Crippen LogP) is 4.95. The summed E-state index contributed by atoms with van der Waals surface area (Å²) in [5, 5.41) is 13.5. The van der Waals surface area contributed by atoms with E-state index >= 15 is 0 Å². The van der Waals surface area contributed by atoms with Gasteiger partial charge in [0.15, 0.2) is 0 Å². The van der Waals surface area contributed by atoms with Crippen molar-refractivity contribution in [3.05, 3.63) is 57.2 Å². The van der Waals surface area contributed by atoms with Gasteiger partial charge in [0.05, 0.1) is 9.90 Å². The molecule has 1 heterocycles. The number of rotatable bonds is 2. The van der Waals surface area contributed by atoms with Gasteiger partial charge < -0.3 is 5.11 Å². The van der Waals surface area contributed by atoms with Crippen LogP contribution < -0.4 is 0 Å². The van der Waals surface area contributed by atoms with E-state index in [-0.39, 0.29) is 0 Å². The lowest BCUT2D eigenvalue weighted by atomic mass is 9.75. The molecule has 3 heteroatoms. The highest BCUT2D eigenvalue weighted by molar-refractivity contribution is 7.10. The molecule has 1 aromatic carbocycles. The third-order valence-corrected chi connectivity index (χ3v) is 5.66. The quantitative estimate of drug-likeness (QED) is 0.830. The summed E-state index contributed by atoms with van der Waals surface area (Å²) in [6, 6.07) is 12.5. The first-order chi connectivity index (χ1) is 9.19. The zero-order chi connectivity index (χ0) is 13.3. The fourth-order valence-electron chi connectivity index (χ4n) is 3.01. The lowest BCUT2D eigenvalue weighted by Crippen LogP contribution is -2.30. The fraction of sp³-hybridized carbons (Fsp3) is 0.375. The van der Waals surface area contributed by atoms with E-state index in [0.29, 0.717) is 10.9 Å². The van der Waals surface area contributed by atoms with E-state index in [4.69, 9.17) is 11.6 Å². The summed E-state index contributed by atoms with van der Waals surface area (Å²) in [5.41, 5.74) is 0.679. The van der Waals surface area contributed by atoms with E-state index in [1.54, 1.807) is 11.3 Å². The Bertz CT molecular complexity index is 541. The zero-order valence-electron chi connectivity index (χ0n) is 10.7. The van der Waals surface area contributed by atoms with Crippen LogP contribution in [-0.2, 0) is 5.60 Å². The topological polar surface area (TPSA) is 20.2 Å². The first-order valence-corrected chi connectivity index (χ1v) is 7.96. The van der Waals surface area contributed by atoms with Gasteiger partial charge >= 0.3 is 0 Å². The first kappa shape index (κ1) is 13.2. The van der Waals surface area contributed by atoms with Crippen molar-refractivity contribution >= 4 is 22.9 Å². The average molecular weight is 293 g/mol. The minimum atomic E-state index is -0.712. The fourth-order valence-corrected chi connectivity index (χ4v) is 4.40. The molecule has 0 atom stereocenters. The van der Waals surface area contributed by atoms with Crippen molar-refractivity contribution in [3.63, 3.8) is 0 Å². The molecule has 0 unspecified atom stereocenters. The van der Waals surface area contributed by atoms with Gasteiger partial charge in [0.25, 0.3) is 0 Å². The highest BCUT2D eigenvalue weighted by Gasteiger charge is 2.37. The Morgan fingerprint density at radius 1 is 1.11 bits per heavy atom. The minimum Gasteiger partial charge on any atom is -0.384 e. The molecule has 1 saturated carbocycles. The van der Waals surface area contributed by atoms with Crippen LogP contribution in [0.25, 0.3) is 0 Å². The van der Waals surface area contributed by atoms with Crippen molar-refractivity contribution in [1.82, 2.24) is 0 Å². The second-order valence-corrected chi connectivity index (χ2v) is 6.64. The maximum Gasteiger partial charge on any atom is 0.100 e. The van der Waals surface area contributed by atoms with Gasteiger partial charge in [-0.3, -0.25) is 0 Å². The van der Waals surface area contributed by atoms with Crippen molar-refractivity contribution in [2.24, 2.45) is 0 Å². The molecule has 0 spiro atoms. The monoisotopic (exact) mass is 292 g/mol. The molecule has 3 rings (SSSR count). The Kier molecular flexibility index (Phi) is 3.66. The average Bonchev–Trinajstić information content (AvgIpc) is 2.88. The van der Waals surface area contributed by atoms with E-state index in [0.717, 1.165) is 30.6 Å². The Balaban J connectivity index is 1.75. The maximum absolute atomic E-state index is 10.8. The van der Waals surface area contributed by atoms with Crippen LogP contribution in [0.4, 0.5) is 0 Å². The lowest BCUT2D eigenvalue weighted by Gasteiger charge is -2.36. The highest BCUT2D eigenvalue weighted by Crippen LogP contribution is 2.46. The van der Waals surface area contributed by atoms with E-state index in [1.807, 2.05) is 17.5 Å². The van der Waals surface area contributed by atoms with Crippen molar-refractivity contribution < 1.29 is 5.11 Å². The Labute approximate surface area is 122 Å². The van der Waals surface area contributed by atoms with E-state index < -0.39 is 5.60 Å². The van der Waals surface area contributed by atoms with Gasteiger partial charge in [-0.05, 0) is 48.6 Å². The van der Waals surface area contributed by atoms with Crippen LogP contribution in [0.5, 0.6) is 0 Å². The molecule has 100 valence electrons. The standard InChI is InChI=1S/C16H17ClOS/c17-14-8-11-19-15(14)16(18)9-6-13(7-10-16)12-4-2-1-3-5-12/h1-5,8,11,13,18H,6-7,9-10H2. The molecule has 0 amide bonds. The van der Waals surface area contributed by atoms with Gasteiger partial charge in [0, 0.05) is 0 Å². The number of thiophene rings is 1. The molecular weight excluding hydrogens is 276 g/mol. The second kappa shape index (κ2) is 5.28. The second-order valence-electron chi connectivity index (χ2n) is 5.31. The van der Waals surface area contributed by atoms with Gasteiger partial charge in [-0.2, -0.15) is 0 Å². The normalized spacial score (nSPS) is 27.4. The molecule has 0 saturated heterocycles. The van der Waals surface area contributed by atoms with Crippen molar-refractivity contribution in [2.75, 3.05) is 0 Å². The molecule has 1 fully saturated rings. The third kappa shape index (κ3) is 2.58. The highest BCUT2D eigenvalue weighted by atomic mass is 35.5. The third-order valence-electron chi connectivity index (χ3n) is 4.12. The molecule has 1 aliphatic carbocycles. The summed E-state index contributed by atoms with van der Waals surface area (Å²) < 4.78 is 0. The van der Waals surface area contributed by atoms with Gasteiger partial charge in [0.1, 0.15) is 5.60 Å². The summed E-state index contributed by atoms with van der Waals surface area (Å²) >= 11 is 7.74. The van der Waals surface area contributed by atoms with Crippen molar-refractivity contribution in [2.45, 2.75) is 37.2 Å². The van der Waals surface area contributed by atoms with Crippen LogP contribution in [-0.4, -0.2) is 5.11 Å². The van der Waals surface area contributed by atoms with Crippen LogP contribution >= 0.6 is 22.9 Å². The SMILES string of the molecule is OC1(c2sccc2Cl)CCC(c2ccccc2)CC1. The Hall–Kier alpha value is -0.830. The number of halogens is 1. The first-order valence-electron chi connectivity index (χ1n) is 6.70. The van der Waals surface area contributed by atoms with E-state index in [9.17, 15) is 5.11 Å². The molecule has 2 aromatic rings. The van der Waals surface area contributed by atoms with E-state index in [1.165, 1.54) is 5.56 Å². The van der Waals surface area contributed by atoms with Gasteiger partial charge in [0.2, 0.25) is 0 Å². The van der Waals surface area contributed by atoms with Crippen LogP contribution in [0.2, 0.25) is 5.02 Å². The number of hydrogen-bond acceptors (Lipinski definition) is 2. The minimum absolute atomic E-state index is 0.570. The summed E-state index contributed by atoms with van der Waals surface area (Å²) in [7, 11) is 0. The lowest BCUT2D eigenvalue weighted by molar-refractivity contribution is -0.00219. The molecule has 0 aliphatic heterocycles. The molecule has 1 aromatic heterocycles. The van der Waals surface area contributed by atoms with Gasteiger partial charge in [-0.1, -0.05) is 41.9 Å². The van der Waals surface area contributed by atoms with Gasteiger partial charge in [-0.25, -0.2) is 0 Å². The molecule has 1 N–H and O–H groups in total. The number of aliphatic hydroxyl groups is 1. The summed E-state index contributed by atoms with van der Waals surface area (Å²) in [4.78, 5) is 0.945. The summed E-state index contributed by atoms with van der Waals surface area (Å²) in [5.74, 6) is 0.570. The maximum atomic E-state index is 10.8. The largest absolute Gasteiger partial charge is 0.384 e. The molecule has 0 radical (unpaired) electrons. The molecule has 19 heavy (non-hydrogen) atoms. The predicted molar refractivity (Wildman–Crippen MR) is 80.9 cm³/mol. The Morgan fingerprint density at radius 3 is 2.37 bits per heavy atom. The van der Waals surface area contributed by atoms with E-state index in [2.05, 4.69) is 24.3 Å².